The number of rotatable bonds is 9. The lowest BCUT2D eigenvalue weighted by atomic mass is 10.1. The van der Waals surface area contributed by atoms with Crippen LogP contribution in [0.1, 0.15) is 27.1 Å². The molecule has 1 aromatic rings. The van der Waals surface area contributed by atoms with E-state index in [9.17, 15) is 9.59 Å². The Kier molecular flexibility index (Phi) is 8.06. The van der Waals surface area contributed by atoms with E-state index in [-0.39, 0.29) is 5.91 Å². The zero-order valence-corrected chi connectivity index (χ0v) is 15.8. The summed E-state index contributed by atoms with van der Waals surface area (Å²) in [6.45, 7) is 0.544. The third-order valence-corrected chi connectivity index (χ3v) is 6.64. The van der Waals surface area contributed by atoms with Crippen LogP contribution in [-0.2, 0) is 18.0 Å². The van der Waals surface area contributed by atoms with Gasteiger partial charge in [-0.25, -0.2) is 4.79 Å². The Morgan fingerprint density at radius 3 is 1.92 bits per heavy atom. The van der Waals surface area contributed by atoms with Gasteiger partial charge < -0.3 is 22.9 Å². The smallest absolute Gasteiger partial charge is 0.465 e. The van der Waals surface area contributed by atoms with Crippen LogP contribution < -0.4 is 0 Å². The Morgan fingerprint density at radius 2 is 1.46 bits per heavy atom. The van der Waals surface area contributed by atoms with Crippen LogP contribution in [-0.4, -0.2) is 67.6 Å². The van der Waals surface area contributed by atoms with Crippen molar-refractivity contribution in [2.75, 3.05) is 42.0 Å². The quantitative estimate of drug-likeness (QED) is 0.497. The van der Waals surface area contributed by atoms with Gasteiger partial charge in [0.15, 0.2) is 0 Å². The van der Waals surface area contributed by atoms with Crippen LogP contribution in [0.3, 0.4) is 0 Å². The Morgan fingerprint density at radius 1 is 0.958 bits per heavy atom. The molecule has 0 radical (unpaired) electrons. The molecule has 0 aromatic heterocycles. The number of methoxy groups -OCH3 is 1. The highest BCUT2D eigenvalue weighted by Crippen LogP contribution is 2.16. The van der Waals surface area contributed by atoms with Gasteiger partial charge in [-0.05, 0) is 30.7 Å². The van der Waals surface area contributed by atoms with Gasteiger partial charge in [0.2, 0.25) is 0 Å². The topological polar surface area (TPSA) is 74.3 Å². The molecule has 0 heterocycles. The Balaban J connectivity index is 2.60. The average molecular weight is 355 g/mol. The number of carbonyl (C=O) groups is 2. The van der Waals surface area contributed by atoms with Crippen LogP contribution in [0.25, 0.3) is 0 Å². The standard InChI is InChI=1S/C16H25NO6Si/c1-17(11-6-12-24(21-3,22-4)23-5)15(18)13-7-9-14(10-8-13)16(19)20-2/h7-10H,6,11-12H2,1-5H3. The van der Waals surface area contributed by atoms with Crippen molar-refractivity contribution in [3.63, 3.8) is 0 Å². The van der Waals surface area contributed by atoms with Crippen LogP contribution in [0.15, 0.2) is 24.3 Å². The van der Waals surface area contributed by atoms with E-state index in [2.05, 4.69) is 4.74 Å². The first-order chi connectivity index (χ1) is 11.4. The fourth-order valence-electron chi connectivity index (χ4n) is 2.28. The van der Waals surface area contributed by atoms with Crippen LogP contribution in [0.4, 0.5) is 0 Å². The van der Waals surface area contributed by atoms with E-state index in [4.69, 9.17) is 13.3 Å². The minimum atomic E-state index is -2.61. The van der Waals surface area contributed by atoms with E-state index < -0.39 is 14.8 Å². The molecular formula is C16H25NO6Si. The molecule has 1 amide bonds. The zero-order chi connectivity index (χ0) is 18.2. The predicted molar refractivity (Wildman–Crippen MR) is 90.9 cm³/mol. The third-order valence-electron chi connectivity index (χ3n) is 3.81. The van der Waals surface area contributed by atoms with Gasteiger partial charge in [0.05, 0.1) is 12.7 Å². The monoisotopic (exact) mass is 355 g/mol. The van der Waals surface area contributed by atoms with Crippen molar-refractivity contribution in [1.82, 2.24) is 4.90 Å². The highest BCUT2D eigenvalue weighted by atomic mass is 28.4. The molecule has 0 aliphatic rings. The predicted octanol–water partition coefficient (Wildman–Crippen LogP) is 1.81. The number of carbonyl (C=O) groups excluding carboxylic acids is 2. The van der Waals surface area contributed by atoms with Crippen molar-refractivity contribution in [3.05, 3.63) is 35.4 Å². The van der Waals surface area contributed by atoms with E-state index in [0.29, 0.717) is 30.1 Å². The largest absolute Gasteiger partial charge is 0.500 e. The van der Waals surface area contributed by atoms with E-state index in [1.807, 2.05) is 0 Å². The second-order valence-corrected chi connectivity index (χ2v) is 8.29. The zero-order valence-electron chi connectivity index (χ0n) is 14.8. The van der Waals surface area contributed by atoms with Crippen molar-refractivity contribution in [1.29, 1.82) is 0 Å². The van der Waals surface area contributed by atoms with Crippen LogP contribution >= 0.6 is 0 Å². The number of esters is 1. The lowest BCUT2D eigenvalue weighted by Gasteiger charge is -2.25. The molecule has 0 bridgehead atoms. The number of nitrogens with zero attached hydrogens (tertiary/aromatic N) is 1. The van der Waals surface area contributed by atoms with Crippen LogP contribution in [0.5, 0.6) is 0 Å². The van der Waals surface area contributed by atoms with Crippen molar-refractivity contribution < 1.29 is 27.6 Å². The van der Waals surface area contributed by atoms with Gasteiger partial charge >= 0.3 is 14.8 Å². The number of amides is 1. The highest BCUT2D eigenvalue weighted by molar-refractivity contribution is 6.60. The molecule has 0 saturated heterocycles. The van der Waals surface area contributed by atoms with Gasteiger partial charge in [-0.1, -0.05) is 0 Å². The van der Waals surface area contributed by atoms with Gasteiger partial charge in [0.1, 0.15) is 0 Å². The molecule has 0 aliphatic heterocycles. The van der Waals surface area contributed by atoms with Crippen molar-refractivity contribution in [2.24, 2.45) is 0 Å². The summed E-state index contributed by atoms with van der Waals surface area (Å²) in [7, 11) is 5.13. The summed E-state index contributed by atoms with van der Waals surface area (Å²) in [5.41, 5.74) is 0.923. The van der Waals surface area contributed by atoms with Gasteiger partial charge in [0.25, 0.3) is 5.91 Å². The molecule has 0 spiro atoms. The number of hydrogen-bond donors (Lipinski definition) is 0. The van der Waals surface area contributed by atoms with E-state index in [1.54, 1.807) is 57.5 Å². The normalized spacial score (nSPS) is 11.2. The summed E-state index contributed by atoms with van der Waals surface area (Å²) in [5.74, 6) is -0.548. The van der Waals surface area contributed by atoms with Gasteiger partial charge in [-0.2, -0.15) is 0 Å². The molecule has 8 heteroatoms. The fraction of sp³-hybridized carbons (Fsp3) is 0.500. The molecule has 0 unspecified atom stereocenters. The Bertz CT molecular complexity index is 536. The first-order valence-electron chi connectivity index (χ1n) is 7.52. The van der Waals surface area contributed by atoms with Crippen molar-refractivity contribution in [2.45, 2.75) is 12.5 Å². The summed E-state index contributed by atoms with van der Waals surface area (Å²) in [5, 5.41) is 0. The third kappa shape index (κ3) is 5.13. The molecule has 0 N–H and O–H groups in total. The molecule has 1 aromatic carbocycles. The summed E-state index contributed by atoms with van der Waals surface area (Å²) in [4.78, 5) is 25.4. The maximum absolute atomic E-state index is 12.4. The van der Waals surface area contributed by atoms with E-state index in [1.165, 1.54) is 7.11 Å². The number of benzene rings is 1. The Hall–Kier alpha value is -1.74. The summed E-state index contributed by atoms with van der Waals surface area (Å²) < 4.78 is 20.7. The van der Waals surface area contributed by atoms with Gasteiger partial charge in [0, 0.05) is 46.5 Å². The molecule has 24 heavy (non-hydrogen) atoms. The minimum Gasteiger partial charge on any atom is -0.465 e. The van der Waals surface area contributed by atoms with Crippen molar-refractivity contribution in [3.8, 4) is 0 Å². The van der Waals surface area contributed by atoms with Crippen molar-refractivity contribution >= 4 is 20.7 Å². The summed E-state index contributed by atoms with van der Waals surface area (Å²) >= 11 is 0. The van der Waals surface area contributed by atoms with Gasteiger partial charge in [-0.3, -0.25) is 4.79 Å². The number of hydrogen-bond acceptors (Lipinski definition) is 6. The second kappa shape index (κ2) is 9.53. The summed E-state index contributed by atoms with van der Waals surface area (Å²) in [6, 6.07) is 7.00. The second-order valence-electron chi connectivity index (χ2n) is 5.19. The summed E-state index contributed by atoms with van der Waals surface area (Å²) in [6.07, 6.45) is 0.699. The molecule has 0 saturated carbocycles. The highest BCUT2D eigenvalue weighted by Gasteiger charge is 2.37. The molecule has 7 nitrogen and oxygen atoms in total. The average Bonchev–Trinajstić information content (AvgIpc) is 2.64. The van der Waals surface area contributed by atoms with E-state index >= 15 is 0 Å². The molecular weight excluding hydrogens is 330 g/mol. The van der Waals surface area contributed by atoms with Crippen LogP contribution in [0.2, 0.25) is 6.04 Å². The first-order valence-corrected chi connectivity index (χ1v) is 9.45. The molecule has 1 rings (SSSR count). The van der Waals surface area contributed by atoms with E-state index in [0.717, 1.165) is 0 Å². The molecule has 0 atom stereocenters. The molecule has 0 aliphatic carbocycles. The SMILES string of the molecule is COC(=O)c1ccc(C(=O)N(C)CCC[Si](OC)(OC)OC)cc1. The number of ether oxygens (including phenoxy) is 1. The first kappa shape index (κ1) is 20.3. The minimum absolute atomic E-state index is 0.120. The van der Waals surface area contributed by atoms with Crippen LogP contribution in [0, 0.1) is 0 Å². The maximum Gasteiger partial charge on any atom is 0.500 e. The molecule has 134 valence electrons. The molecule has 0 fully saturated rings. The van der Waals surface area contributed by atoms with Gasteiger partial charge in [-0.15, -0.1) is 0 Å². The fourth-order valence-corrected chi connectivity index (χ4v) is 3.98. The lowest BCUT2D eigenvalue weighted by molar-refractivity contribution is 0.0600. The Labute approximate surface area is 143 Å². The maximum atomic E-state index is 12.4. The lowest BCUT2D eigenvalue weighted by Crippen LogP contribution is -2.43.